The quantitative estimate of drug-likeness (QED) is 0.871. The van der Waals surface area contributed by atoms with Gasteiger partial charge < -0.3 is 10.0 Å². The van der Waals surface area contributed by atoms with Crippen LogP contribution in [0.4, 0.5) is 13.2 Å². The van der Waals surface area contributed by atoms with E-state index in [2.05, 4.69) is 10.2 Å². The van der Waals surface area contributed by atoms with Crippen LogP contribution < -0.4 is 0 Å². The molecule has 1 atom stereocenters. The Hall–Kier alpha value is -2.58. The molecule has 2 aromatic rings. The van der Waals surface area contributed by atoms with Crippen molar-refractivity contribution in [1.82, 2.24) is 15.1 Å². The number of fused-ring (bicyclic) bond motifs is 3. The maximum atomic E-state index is 13.0. The monoisotopic (exact) mass is 369 g/mol. The Morgan fingerprint density at radius 3 is 2.85 bits per heavy atom. The van der Waals surface area contributed by atoms with E-state index in [-0.39, 0.29) is 13.0 Å². The van der Waals surface area contributed by atoms with Gasteiger partial charge in [-0.3, -0.25) is 14.7 Å². The number of aliphatic carboxylic acids is 1. The summed E-state index contributed by atoms with van der Waals surface area (Å²) in [6, 6.07) is 1.87. The second-order valence-electron chi connectivity index (χ2n) is 6.63. The molecule has 140 valence electrons. The third kappa shape index (κ3) is 3.66. The summed E-state index contributed by atoms with van der Waals surface area (Å²) in [5.74, 6) is -2.94. The van der Waals surface area contributed by atoms with Gasteiger partial charge in [-0.1, -0.05) is 6.07 Å². The third-order valence-corrected chi connectivity index (χ3v) is 4.70. The molecule has 0 saturated carbocycles. The number of carbonyl (C=O) groups is 2. The zero-order chi connectivity index (χ0) is 19.1. The summed E-state index contributed by atoms with van der Waals surface area (Å²) >= 11 is 0. The van der Waals surface area contributed by atoms with Crippen LogP contribution >= 0.6 is 0 Å². The Balaban J connectivity index is 2.07. The number of hydrogen-bond acceptors (Lipinski definition) is 3. The van der Waals surface area contributed by atoms with Crippen molar-refractivity contribution in [3.63, 3.8) is 0 Å². The Bertz CT molecular complexity index is 860. The first-order valence-electron chi connectivity index (χ1n) is 8.17. The van der Waals surface area contributed by atoms with Gasteiger partial charge in [-0.15, -0.1) is 0 Å². The largest absolute Gasteiger partial charge is 0.481 e. The van der Waals surface area contributed by atoms with Gasteiger partial charge in [0.25, 0.3) is 0 Å². The number of halogens is 3. The average molecular weight is 369 g/mol. The summed E-state index contributed by atoms with van der Waals surface area (Å²) in [7, 11) is 0. The molecule has 1 aliphatic rings. The molecule has 0 spiro atoms. The van der Waals surface area contributed by atoms with Gasteiger partial charge in [0, 0.05) is 17.8 Å². The number of aromatic nitrogens is 2. The third-order valence-electron chi connectivity index (χ3n) is 4.70. The minimum atomic E-state index is -4.57. The molecular weight excluding hydrogens is 351 g/mol. The molecule has 1 aliphatic heterocycles. The lowest BCUT2D eigenvalue weighted by Crippen LogP contribution is -2.43. The molecular formula is C17H18F3N3O3. The number of nitrogens with zero attached hydrogens (tertiary/aromatic N) is 2. The molecule has 3 rings (SSSR count). The summed E-state index contributed by atoms with van der Waals surface area (Å²) in [5, 5.41) is 16.5. The number of carboxylic acid groups (broad SMARTS) is 1. The van der Waals surface area contributed by atoms with Gasteiger partial charge in [0.05, 0.1) is 18.1 Å². The number of alkyl halides is 3. The van der Waals surface area contributed by atoms with Gasteiger partial charge in [-0.05, 0) is 36.5 Å². The topological polar surface area (TPSA) is 86.3 Å². The molecule has 0 fully saturated rings. The molecule has 0 saturated heterocycles. The van der Waals surface area contributed by atoms with Gasteiger partial charge in [-0.25, -0.2) is 0 Å². The number of carboxylic acids is 1. The second kappa shape index (κ2) is 6.62. The highest BCUT2D eigenvalue weighted by atomic mass is 19.4. The normalized spacial score (nSPS) is 18.5. The fourth-order valence-electron chi connectivity index (χ4n) is 3.55. The lowest BCUT2D eigenvalue weighted by atomic mass is 9.88. The molecule has 9 heteroatoms. The van der Waals surface area contributed by atoms with Crippen molar-refractivity contribution in [2.45, 2.75) is 38.9 Å². The summed E-state index contributed by atoms with van der Waals surface area (Å²) < 4.78 is 39.0. The number of carbonyl (C=O) groups excluding carboxylic acids is 1. The number of aromatic amines is 1. The number of H-pyrrole nitrogens is 1. The van der Waals surface area contributed by atoms with Crippen molar-refractivity contribution >= 4 is 22.8 Å². The molecule has 6 nitrogen and oxygen atoms in total. The van der Waals surface area contributed by atoms with E-state index in [0.29, 0.717) is 22.3 Å². The molecule has 1 aromatic heterocycles. The van der Waals surface area contributed by atoms with Gasteiger partial charge in [-0.2, -0.15) is 18.3 Å². The standard InChI is InChI=1S/C17H18F3N3O3/c1-9-4-10-2-3-11(5-14(24)25)16(26)23(8-17(18,19)20)7-13(10)12-6-21-22-15(9)12/h4,6,11H,2-3,5,7-8H2,1H3,(H,21,22)(H,24,25)/t11-/m0/s1. The zero-order valence-electron chi connectivity index (χ0n) is 14.1. The Labute approximate surface area is 147 Å². The van der Waals surface area contributed by atoms with Gasteiger partial charge >= 0.3 is 12.1 Å². The molecule has 26 heavy (non-hydrogen) atoms. The SMILES string of the molecule is Cc1cc2c(c3cn[nH]c13)CN(CC(F)(F)F)C(=O)[C@H](CC(=O)O)CC2. The molecule has 2 heterocycles. The van der Waals surface area contributed by atoms with E-state index < -0.39 is 36.9 Å². The van der Waals surface area contributed by atoms with Crippen molar-refractivity contribution in [1.29, 1.82) is 0 Å². The summed E-state index contributed by atoms with van der Waals surface area (Å²) in [6.07, 6.45) is -2.87. The molecule has 0 radical (unpaired) electrons. The van der Waals surface area contributed by atoms with Gasteiger partial charge in [0.2, 0.25) is 5.91 Å². The van der Waals surface area contributed by atoms with E-state index in [1.807, 2.05) is 13.0 Å². The number of aryl methyl sites for hydroxylation is 2. The number of hydrogen-bond donors (Lipinski definition) is 2. The first-order chi connectivity index (χ1) is 12.2. The van der Waals surface area contributed by atoms with E-state index in [1.54, 1.807) is 6.20 Å². The predicted octanol–water partition coefficient (Wildman–Crippen LogP) is 2.80. The highest BCUT2D eigenvalue weighted by Crippen LogP contribution is 2.32. The Kier molecular flexibility index (Phi) is 4.64. The van der Waals surface area contributed by atoms with Crippen molar-refractivity contribution in [3.8, 4) is 0 Å². The second-order valence-corrected chi connectivity index (χ2v) is 6.63. The maximum absolute atomic E-state index is 13.0. The van der Waals surface area contributed by atoms with Gasteiger partial charge in [0.1, 0.15) is 6.54 Å². The lowest BCUT2D eigenvalue weighted by molar-refractivity contribution is -0.166. The Morgan fingerprint density at radius 2 is 2.19 bits per heavy atom. The minimum absolute atomic E-state index is 0.190. The van der Waals surface area contributed by atoms with Crippen LogP contribution in [0.1, 0.15) is 29.5 Å². The number of nitrogens with one attached hydrogen (secondary N) is 1. The van der Waals surface area contributed by atoms with E-state index in [1.165, 1.54) is 0 Å². The van der Waals surface area contributed by atoms with Crippen molar-refractivity contribution < 1.29 is 27.9 Å². The van der Waals surface area contributed by atoms with Crippen molar-refractivity contribution in [2.24, 2.45) is 5.92 Å². The van der Waals surface area contributed by atoms with Crippen LogP contribution in [0.2, 0.25) is 0 Å². The van der Waals surface area contributed by atoms with Crippen LogP contribution in [0.5, 0.6) is 0 Å². The molecule has 2 N–H and O–H groups in total. The zero-order valence-corrected chi connectivity index (χ0v) is 14.1. The molecule has 1 amide bonds. The van der Waals surface area contributed by atoms with Crippen LogP contribution in [0.3, 0.4) is 0 Å². The highest BCUT2D eigenvalue weighted by molar-refractivity contribution is 5.88. The Morgan fingerprint density at radius 1 is 1.46 bits per heavy atom. The van der Waals surface area contributed by atoms with E-state index >= 15 is 0 Å². The van der Waals surface area contributed by atoms with Crippen LogP contribution in [-0.2, 0) is 22.6 Å². The maximum Gasteiger partial charge on any atom is 0.406 e. The molecule has 1 aromatic carbocycles. The highest BCUT2D eigenvalue weighted by Gasteiger charge is 2.37. The summed E-state index contributed by atoms with van der Waals surface area (Å²) in [4.78, 5) is 24.4. The van der Waals surface area contributed by atoms with E-state index in [4.69, 9.17) is 5.11 Å². The average Bonchev–Trinajstić information content (AvgIpc) is 3.00. The lowest BCUT2D eigenvalue weighted by Gasteiger charge is -2.31. The minimum Gasteiger partial charge on any atom is -0.481 e. The van der Waals surface area contributed by atoms with Crippen LogP contribution in [0.25, 0.3) is 10.9 Å². The number of amides is 1. The van der Waals surface area contributed by atoms with E-state index in [9.17, 15) is 22.8 Å². The van der Waals surface area contributed by atoms with Crippen LogP contribution in [0, 0.1) is 12.8 Å². The fraction of sp³-hybridized carbons (Fsp3) is 0.471. The van der Waals surface area contributed by atoms with Crippen molar-refractivity contribution in [3.05, 3.63) is 29.0 Å². The van der Waals surface area contributed by atoms with E-state index in [0.717, 1.165) is 16.6 Å². The number of benzene rings is 1. The fourth-order valence-corrected chi connectivity index (χ4v) is 3.55. The predicted molar refractivity (Wildman–Crippen MR) is 86.4 cm³/mol. The molecule has 0 bridgehead atoms. The van der Waals surface area contributed by atoms with Crippen LogP contribution in [0.15, 0.2) is 12.3 Å². The van der Waals surface area contributed by atoms with Crippen LogP contribution in [-0.4, -0.2) is 44.8 Å². The number of rotatable bonds is 3. The van der Waals surface area contributed by atoms with Crippen molar-refractivity contribution in [2.75, 3.05) is 6.54 Å². The first kappa shape index (κ1) is 18.2. The van der Waals surface area contributed by atoms with Gasteiger partial charge in [0.15, 0.2) is 0 Å². The molecule has 0 unspecified atom stereocenters. The summed E-state index contributed by atoms with van der Waals surface area (Å²) in [6.45, 7) is 0.238. The summed E-state index contributed by atoms with van der Waals surface area (Å²) in [5.41, 5.74) is 3.09. The molecule has 0 aliphatic carbocycles. The first-order valence-corrected chi connectivity index (χ1v) is 8.17. The smallest absolute Gasteiger partial charge is 0.406 e.